The molecule has 0 saturated carbocycles. The summed E-state index contributed by atoms with van der Waals surface area (Å²) in [5, 5.41) is 3.22. The highest BCUT2D eigenvalue weighted by molar-refractivity contribution is 7.20. The number of nitrogens with zero attached hydrogens (tertiary/aromatic N) is 2. The standard InChI is InChI=1S/C20H21N3O4S/c1-4-27-20(26)17-12(2)16-18(28-17)21-11-23(19(16)25)10-15(24)22-13(3)14-8-6-5-7-9-14/h5-9,11,13H,4,10H2,1-3H3,(H,22,24)/t13-/m1/s1. The molecule has 1 aromatic carbocycles. The summed E-state index contributed by atoms with van der Waals surface area (Å²) in [6.45, 7) is 5.40. The van der Waals surface area contributed by atoms with E-state index in [-0.39, 0.29) is 30.7 Å². The molecule has 3 aromatic rings. The van der Waals surface area contributed by atoms with Gasteiger partial charge in [0, 0.05) is 0 Å². The van der Waals surface area contributed by atoms with Crippen molar-refractivity contribution in [2.75, 3.05) is 6.61 Å². The molecular formula is C20H21N3O4S. The van der Waals surface area contributed by atoms with Gasteiger partial charge in [-0.05, 0) is 31.9 Å². The second-order valence-electron chi connectivity index (χ2n) is 6.33. The zero-order valence-corrected chi connectivity index (χ0v) is 16.7. The summed E-state index contributed by atoms with van der Waals surface area (Å²) in [5.74, 6) is -0.763. The van der Waals surface area contributed by atoms with Gasteiger partial charge in [-0.1, -0.05) is 30.3 Å². The minimum absolute atomic E-state index is 0.150. The highest BCUT2D eigenvalue weighted by atomic mass is 32.1. The van der Waals surface area contributed by atoms with Gasteiger partial charge >= 0.3 is 5.97 Å². The van der Waals surface area contributed by atoms with Crippen LogP contribution in [0.2, 0.25) is 0 Å². The summed E-state index contributed by atoms with van der Waals surface area (Å²) in [6, 6.07) is 9.39. The first kappa shape index (κ1) is 19.8. The highest BCUT2D eigenvalue weighted by Crippen LogP contribution is 2.27. The molecule has 3 rings (SSSR count). The van der Waals surface area contributed by atoms with Crippen molar-refractivity contribution in [1.29, 1.82) is 0 Å². The first-order valence-electron chi connectivity index (χ1n) is 8.92. The van der Waals surface area contributed by atoms with Crippen molar-refractivity contribution >= 4 is 33.4 Å². The monoisotopic (exact) mass is 399 g/mol. The maximum Gasteiger partial charge on any atom is 0.348 e. The Morgan fingerprint density at radius 3 is 2.68 bits per heavy atom. The number of hydrogen-bond donors (Lipinski definition) is 1. The van der Waals surface area contributed by atoms with Crippen LogP contribution in [0.4, 0.5) is 0 Å². The quantitative estimate of drug-likeness (QED) is 0.644. The van der Waals surface area contributed by atoms with E-state index in [1.54, 1.807) is 13.8 Å². The normalized spacial score (nSPS) is 12.0. The van der Waals surface area contributed by atoms with Crippen LogP contribution in [-0.4, -0.2) is 28.0 Å². The number of carbonyl (C=O) groups excluding carboxylic acids is 2. The van der Waals surface area contributed by atoms with E-state index in [2.05, 4.69) is 10.3 Å². The molecule has 0 aliphatic carbocycles. The highest BCUT2D eigenvalue weighted by Gasteiger charge is 2.21. The third-order valence-electron chi connectivity index (χ3n) is 4.37. The van der Waals surface area contributed by atoms with Gasteiger partial charge in [0.05, 0.1) is 24.4 Å². The first-order chi connectivity index (χ1) is 13.4. The molecule has 2 aromatic heterocycles. The minimum Gasteiger partial charge on any atom is -0.462 e. The van der Waals surface area contributed by atoms with Crippen LogP contribution >= 0.6 is 11.3 Å². The van der Waals surface area contributed by atoms with Gasteiger partial charge in [0.15, 0.2) is 0 Å². The Bertz CT molecular complexity index is 1070. The number of fused-ring (bicyclic) bond motifs is 1. The van der Waals surface area contributed by atoms with E-state index in [1.807, 2.05) is 37.3 Å². The summed E-state index contributed by atoms with van der Waals surface area (Å²) in [4.78, 5) is 42.4. The van der Waals surface area contributed by atoms with Crippen LogP contribution in [0.15, 0.2) is 41.5 Å². The molecule has 2 heterocycles. The average Bonchev–Trinajstić information content (AvgIpc) is 3.02. The van der Waals surface area contributed by atoms with Crippen LogP contribution in [-0.2, 0) is 16.1 Å². The van der Waals surface area contributed by atoms with E-state index in [9.17, 15) is 14.4 Å². The van der Waals surface area contributed by atoms with E-state index < -0.39 is 5.97 Å². The summed E-state index contributed by atoms with van der Waals surface area (Å²) >= 11 is 1.12. The summed E-state index contributed by atoms with van der Waals surface area (Å²) in [5.41, 5.74) is 1.16. The average molecular weight is 399 g/mol. The lowest BCUT2D eigenvalue weighted by atomic mass is 10.1. The fourth-order valence-corrected chi connectivity index (χ4v) is 3.96. The Balaban J connectivity index is 1.83. The first-order valence-corrected chi connectivity index (χ1v) is 9.74. The smallest absolute Gasteiger partial charge is 0.348 e. The molecule has 0 bridgehead atoms. The number of aryl methyl sites for hydroxylation is 1. The molecule has 0 spiro atoms. The second-order valence-corrected chi connectivity index (χ2v) is 7.33. The van der Waals surface area contributed by atoms with Crippen molar-refractivity contribution in [2.45, 2.75) is 33.4 Å². The van der Waals surface area contributed by atoms with Gasteiger partial charge in [0.2, 0.25) is 5.91 Å². The van der Waals surface area contributed by atoms with E-state index in [0.29, 0.717) is 20.7 Å². The Labute approximate surface area is 166 Å². The van der Waals surface area contributed by atoms with Crippen molar-refractivity contribution < 1.29 is 14.3 Å². The summed E-state index contributed by atoms with van der Waals surface area (Å²) in [7, 11) is 0. The summed E-state index contributed by atoms with van der Waals surface area (Å²) in [6.07, 6.45) is 1.34. The van der Waals surface area contributed by atoms with E-state index >= 15 is 0 Å². The third kappa shape index (κ3) is 3.96. The van der Waals surface area contributed by atoms with E-state index in [4.69, 9.17) is 4.74 Å². The molecule has 28 heavy (non-hydrogen) atoms. The zero-order chi connectivity index (χ0) is 20.3. The Morgan fingerprint density at radius 1 is 1.29 bits per heavy atom. The lowest BCUT2D eigenvalue weighted by Gasteiger charge is -2.14. The van der Waals surface area contributed by atoms with Crippen LogP contribution < -0.4 is 10.9 Å². The van der Waals surface area contributed by atoms with Crippen molar-refractivity contribution in [2.24, 2.45) is 0 Å². The minimum atomic E-state index is -0.469. The van der Waals surface area contributed by atoms with Crippen molar-refractivity contribution in [3.05, 3.63) is 63.0 Å². The maximum atomic E-state index is 12.8. The molecule has 0 saturated heterocycles. The number of esters is 1. The number of rotatable bonds is 6. The number of carbonyl (C=O) groups is 2. The van der Waals surface area contributed by atoms with Gasteiger partial charge in [-0.2, -0.15) is 0 Å². The van der Waals surface area contributed by atoms with Crippen LogP contribution in [0.5, 0.6) is 0 Å². The van der Waals surface area contributed by atoms with Crippen LogP contribution in [0.3, 0.4) is 0 Å². The number of thiophene rings is 1. The molecule has 1 amide bonds. The van der Waals surface area contributed by atoms with E-state index in [0.717, 1.165) is 16.9 Å². The largest absolute Gasteiger partial charge is 0.462 e. The SMILES string of the molecule is CCOC(=O)c1sc2ncn(CC(=O)N[C@H](C)c3ccccc3)c(=O)c2c1C. The Hall–Kier alpha value is -3.00. The number of benzene rings is 1. The lowest BCUT2D eigenvalue weighted by molar-refractivity contribution is -0.122. The van der Waals surface area contributed by atoms with Gasteiger partial charge in [-0.25, -0.2) is 9.78 Å². The zero-order valence-electron chi connectivity index (χ0n) is 15.9. The summed E-state index contributed by atoms with van der Waals surface area (Å²) < 4.78 is 6.28. The number of aromatic nitrogens is 2. The van der Waals surface area contributed by atoms with Crippen LogP contribution in [0.25, 0.3) is 10.2 Å². The third-order valence-corrected chi connectivity index (χ3v) is 5.55. The molecule has 0 fully saturated rings. The maximum absolute atomic E-state index is 12.8. The van der Waals surface area contributed by atoms with Gasteiger partial charge in [0.25, 0.3) is 5.56 Å². The van der Waals surface area contributed by atoms with Crippen LogP contribution in [0, 0.1) is 6.92 Å². The van der Waals surface area contributed by atoms with Gasteiger partial charge in [-0.15, -0.1) is 11.3 Å². The van der Waals surface area contributed by atoms with Crippen LogP contribution in [0.1, 0.15) is 40.7 Å². The Morgan fingerprint density at radius 2 is 2.00 bits per heavy atom. The molecular weight excluding hydrogens is 378 g/mol. The fourth-order valence-electron chi connectivity index (χ4n) is 2.93. The number of amides is 1. The molecule has 0 unspecified atom stereocenters. The van der Waals surface area contributed by atoms with Gasteiger partial charge < -0.3 is 10.1 Å². The van der Waals surface area contributed by atoms with Crippen molar-refractivity contribution in [3.63, 3.8) is 0 Å². The molecule has 146 valence electrons. The molecule has 0 aliphatic rings. The van der Waals surface area contributed by atoms with Gasteiger partial charge in [-0.3, -0.25) is 14.2 Å². The number of hydrogen-bond acceptors (Lipinski definition) is 6. The molecule has 0 radical (unpaired) electrons. The van der Waals surface area contributed by atoms with Crippen molar-refractivity contribution in [3.8, 4) is 0 Å². The Kier molecular flexibility index (Phi) is 5.89. The fraction of sp³-hybridized carbons (Fsp3) is 0.300. The number of nitrogens with one attached hydrogen (secondary N) is 1. The lowest BCUT2D eigenvalue weighted by Crippen LogP contribution is -2.34. The predicted octanol–water partition coefficient (Wildman–Crippen LogP) is 2.82. The number of ether oxygens (including phenoxy) is 1. The molecule has 1 N–H and O–H groups in total. The van der Waals surface area contributed by atoms with Crippen molar-refractivity contribution in [1.82, 2.24) is 14.9 Å². The molecule has 0 aliphatic heterocycles. The molecule has 7 nitrogen and oxygen atoms in total. The van der Waals surface area contributed by atoms with Gasteiger partial charge in [0.1, 0.15) is 16.3 Å². The molecule has 8 heteroatoms. The topological polar surface area (TPSA) is 90.3 Å². The van der Waals surface area contributed by atoms with E-state index in [1.165, 1.54) is 10.9 Å². The molecule has 1 atom stereocenters. The second kappa shape index (κ2) is 8.35. The predicted molar refractivity (Wildman–Crippen MR) is 108 cm³/mol.